The van der Waals surface area contributed by atoms with E-state index < -0.39 is 6.04 Å². The lowest BCUT2D eigenvalue weighted by molar-refractivity contribution is -0.139. The van der Waals surface area contributed by atoms with Crippen molar-refractivity contribution in [2.75, 3.05) is 5.75 Å². The molecule has 1 unspecified atom stereocenters. The van der Waals surface area contributed by atoms with Gasteiger partial charge >= 0.3 is 0 Å². The minimum absolute atomic E-state index is 0.0000784. The molecule has 0 bridgehead atoms. The molecule has 0 aliphatic heterocycles. The Hall–Kier alpha value is -2.27. The molecule has 0 radical (unpaired) electrons. The van der Waals surface area contributed by atoms with Gasteiger partial charge in [0.1, 0.15) is 6.04 Å². The van der Waals surface area contributed by atoms with Crippen molar-refractivity contribution in [2.45, 2.75) is 65.4 Å². The molecule has 0 saturated heterocycles. The molecular weight excluding hydrogens is 392 g/mol. The number of hydrogen-bond donors (Lipinski definition) is 1. The lowest BCUT2D eigenvalue weighted by Crippen LogP contribution is -2.50. The quantitative estimate of drug-likeness (QED) is 0.590. The molecule has 1 N–H and O–H groups in total. The third-order valence-corrected chi connectivity index (χ3v) is 5.82. The molecule has 162 valence electrons. The van der Waals surface area contributed by atoms with Crippen LogP contribution in [-0.2, 0) is 21.9 Å². The fraction of sp³-hybridized carbons (Fsp3) is 0.440. The van der Waals surface area contributed by atoms with E-state index in [1.807, 2.05) is 52.0 Å². The van der Waals surface area contributed by atoms with Crippen LogP contribution in [0, 0.1) is 13.8 Å². The summed E-state index contributed by atoms with van der Waals surface area (Å²) >= 11 is 1.60. The Balaban J connectivity index is 2.13. The number of carbonyl (C=O) groups is 2. The highest BCUT2D eigenvalue weighted by Crippen LogP contribution is 2.18. The van der Waals surface area contributed by atoms with Crippen LogP contribution in [0.3, 0.4) is 0 Å². The van der Waals surface area contributed by atoms with Gasteiger partial charge in [-0.3, -0.25) is 9.59 Å². The molecular formula is C25H34N2O2S. The first-order valence-electron chi connectivity index (χ1n) is 10.6. The van der Waals surface area contributed by atoms with Gasteiger partial charge in [-0.1, -0.05) is 66.6 Å². The van der Waals surface area contributed by atoms with E-state index in [-0.39, 0.29) is 17.9 Å². The normalized spacial score (nSPS) is 11.9. The molecule has 4 nitrogen and oxygen atoms in total. The lowest BCUT2D eigenvalue weighted by atomic mass is 10.1. The fourth-order valence-corrected chi connectivity index (χ4v) is 4.31. The molecule has 0 spiro atoms. The van der Waals surface area contributed by atoms with Crippen LogP contribution in [-0.4, -0.2) is 34.6 Å². The van der Waals surface area contributed by atoms with Crippen LogP contribution in [0.25, 0.3) is 0 Å². The third-order valence-electron chi connectivity index (χ3n) is 4.83. The number of carbonyl (C=O) groups excluding carboxylic acids is 2. The maximum atomic E-state index is 13.2. The molecule has 0 aromatic heterocycles. The highest BCUT2D eigenvalue weighted by molar-refractivity contribution is 7.99. The largest absolute Gasteiger partial charge is 0.352 e. The number of nitrogens with zero attached hydrogens (tertiary/aromatic N) is 1. The van der Waals surface area contributed by atoms with Crippen LogP contribution in [0.1, 0.15) is 49.4 Å². The van der Waals surface area contributed by atoms with E-state index >= 15 is 0 Å². The average Bonchev–Trinajstić information content (AvgIpc) is 2.67. The topological polar surface area (TPSA) is 49.4 Å². The molecule has 0 heterocycles. The number of nitrogens with one attached hydrogen (secondary N) is 1. The van der Waals surface area contributed by atoms with Crippen LogP contribution in [0.4, 0.5) is 0 Å². The van der Waals surface area contributed by atoms with Gasteiger partial charge in [-0.15, -0.1) is 11.8 Å². The van der Waals surface area contributed by atoms with E-state index in [0.717, 1.165) is 16.9 Å². The second-order valence-corrected chi connectivity index (χ2v) is 9.07. The Bertz CT molecular complexity index is 851. The lowest BCUT2D eigenvalue weighted by Gasteiger charge is -2.31. The second kappa shape index (κ2) is 11.8. The summed E-state index contributed by atoms with van der Waals surface area (Å²) in [6.45, 7) is 10.4. The van der Waals surface area contributed by atoms with Gasteiger partial charge in [0.25, 0.3) is 0 Å². The van der Waals surface area contributed by atoms with Crippen molar-refractivity contribution in [2.24, 2.45) is 0 Å². The molecule has 30 heavy (non-hydrogen) atoms. The molecule has 2 amide bonds. The van der Waals surface area contributed by atoms with E-state index in [2.05, 4.69) is 36.5 Å². The summed E-state index contributed by atoms with van der Waals surface area (Å²) in [6, 6.07) is 16.0. The summed E-state index contributed by atoms with van der Waals surface area (Å²) in [4.78, 5) is 27.8. The van der Waals surface area contributed by atoms with Crippen molar-refractivity contribution in [3.8, 4) is 0 Å². The Morgan fingerprint density at radius 1 is 1.00 bits per heavy atom. The van der Waals surface area contributed by atoms with Gasteiger partial charge in [-0.2, -0.15) is 0 Å². The monoisotopic (exact) mass is 426 g/mol. The minimum Gasteiger partial charge on any atom is -0.352 e. The zero-order chi connectivity index (χ0) is 22.1. The number of benzene rings is 2. The molecule has 5 heteroatoms. The summed E-state index contributed by atoms with van der Waals surface area (Å²) < 4.78 is 0. The van der Waals surface area contributed by atoms with Crippen molar-refractivity contribution in [1.82, 2.24) is 10.2 Å². The highest BCUT2D eigenvalue weighted by atomic mass is 32.2. The number of aryl methyl sites for hydroxylation is 2. The molecule has 2 aromatic carbocycles. The predicted molar refractivity (Wildman–Crippen MR) is 126 cm³/mol. The second-order valence-electron chi connectivity index (χ2n) is 8.08. The van der Waals surface area contributed by atoms with Crippen molar-refractivity contribution < 1.29 is 9.59 Å². The van der Waals surface area contributed by atoms with Crippen LogP contribution in [0.5, 0.6) is 0 Å². The van der Waals surface area contributed by atoms with Gasteiger partial charge in [0.2, 0.25) is 11.8 Å². The zero-order valence-corrected chi connectivity index (χ0v) is 19.6. The van der Waals surface area contributed by atoms with Crippen LogP contribution in [0.2, 0.25) is 0 Å². The Morgan fingerprint density at radius 3 is 2.17 bits per heavy atom. The fourth-order valence-electron chi connectivity index (χ4n) is 3.45. The summed E-state index contributed by atoms with van der Waals surface area (Å²) in [5.74, 6) is 1.04. The summed E-state index contributed by atoms with van der Waals surface area (Å²) in [5, 5.41) is 2.97. The summed E-state index contributed by atoms with van der Waals surface area (Å²) in [5.41, 5.74) is 4.62. The highest BCUT2D eigenvalue weighted by Gasteiger charge is 2.28. The number of amides is 2. The molecule has 0 aliphatic carbocycles. The third kappa shape index (κ3) is 7.52. The van der Waals surface area contributed by atoms with Crippen molar-refractivity contribution in [3.63, 3.8) is 0 Å². The molecule has 0 saturated carbocycles. The van der Waals surface area contributed by atoms with Crippen molar-refractivity contribution in [3.05, 3.63) is 70.8 Å². The van der Waals surface area contributed by atoms with E-state index in [9.17, 15) is 9.59 Å². The number of thioether (sulfide) groups is 1. The Labute approximate surface area is 185 Å². The Morgan fingerprint density at radius 2 is 1.60 bits per heavy atom. The predicted octanol–water partition coefficient (Wildman–Crippen LogP) is 4.87. The van der Waals surface area contributed by atoms with Gasteiger partial charge in [0.05, 0.1) is 5.75 Å². The average molecular weight is 427 g/mol. The van der Waals surface area contributed by atoms with Crippen molar-refractivity contribution in [1.29, 1.82) is 0 Å². The summed E-state index contributed by atoms with van der Waals surface area (Å²) in [6.07, 6.45) is 0.582. The van der Waals surface area contributed by atoms with Crippen LogP contribution in [0.15, 0.2) is 48.5 Å². The maximum Gasteiger partial charge on any atom is 0.243 e. The molecule has 2 aromatic rings. The van der Waals surface area contributed by atoms with Crippen molar-refractivity contribution >= 4 is 23.6 Å². The van der Waals surface area contributed by atoms with Gasteiger partial charge in [-0.05, 0) is 45.2 Å². The standard InChI is InChI=1S/C25H34N2O2S/c1-6-23(25(29)26-18(2)3)27(15-21-11-7-9-19(4)13-21)24(28)17-30-16-22-12-8-10-20(5)14-22/h7-14,18,23H,6,15-17H2,1-5H3,(H,26,29). The molecule has 0 fully saturated rings. The van der Waals surface area contributed by atoms with Crippen LogP contribution < -0.4 is 5.32 Å². The summed E-state index contributed by atoms with van der Waals surface area (Å²) in [7, 11) is 0. The zero-order valence-electron chi connectivity index (χ0n) is 18.8. The van der Waals surface area contributed by atoms with Gasteiger partial charge in [0.15, 0.2) is 0 Å². The van der Waals surface area contributed by atoms with E-state index in [1.54, 1.807) is 16.7 Å². The van der Waals surface area contributed by atoms with E-state index in [0.29, 0.717) is 18.7 Å². The van der Waals surface area contributed by atoms with E-state index in [1.165, 1.54) is 11.1 Å². The molecule has 2 rings (SSSR count). The first-order valence-corrected chi connectivity index (χ1v) is 11.7. The smallest absolute Gasteiger partial charge is 0.243 e. The number of hydrogen-bond acceptors (Lipinski definition) is 3. The first kappa shape index (κ1) is 24.0. The van der Waals surface area contributed by atoms with E-state index in [4.69, 9.17) is 0 Å². The van der Waals surface area contributed by atoms with Gasteiger partial charge < -0.3 is 10.2 Å². The molecule has 0 aliphatic rings. The minimum atomic E-state index is -0.472. The molecule has 1 atom stereocenters. The van der Waals surface area contributed by atoms with Gasteiger partial charge in [-0.25, -0.2) is 0 Å². The number of rotatable bonds is 10. The SMILES string of the molecule is CCC(C(=O)NC(C)C)N(Cc1cccc(C)c1)C(=O)CSCc1cccc(C)c1. The first-order chi connectivity index (χ1) is 14.3. The van der Waals surface area contributed by atoms with Crippen LogP contribution >= 0.6 is 11.8 Å². The van der Waals surface area contributed by atoms with Gasteiger partial charge in [0, 0.05) is 18.3 Å². The maximum absolute atomic E-state index is 13.2. The Kier molecular flexibility index (Phi) is 9.44.